The van der Waals surface area contributed by atoms with Crippen LogP contribution >= 0.6 is 11.8 Å². The molecule has 0 aliphatic rings. The smallest absolute Gasteiger partial charge is 0.233 e. The van der Waals surface area contributed by atoms with Crippen LogP contribution in [-0.2, 0) is 4.79 Å². The van der Waals surface area contributed by atoms with E-state index in [4.69, 9.17) is 14.2 Å². The summed E-state index contributed by atoms with van der Waals surface area (Å²) in [5.41, 5.74) is 1.08. The Kier molecular flexibility index (Phi) is 8.70. The summed E-state index contributed by atoms with van der Waals surface area (Å²) in [5.74, 6) is 2.59. The molecule has 1 N–H and O–H groups in total. The molecule has 0 bridgehead atoms. The molecule has 1 amide bonds. The second kappa shape index (κ2) is 11.0. The summed E-state index contributed by atoms with van der Waals surface area (Å²) >= 11 is 1.49. The van der Waals surface area contributed by atoms with Gasteiger partial charge in [-0.25, -0.2) is 0 Å². The third-order valence-electron chi connectivity index (χ3n) is 4.58. The van der Waals surface area contributed by atoms with Crippen molar-refractivity contribution in [3.63, 3.8) is 0 Å². The maximum Gasteiger partial charge on any atom is 0.233 e. The number of methoxy groups -OCH3 is 3. The van der Waals surface area contributed by atoms with Gasteiger partial charge in [-0.15, -0.1) is 11.8 Å². The zero-order chi connectivity index (χ0) is 21.4. The Morgan fingerprint density at radius 1 is 0.931 bits per heavy atom. The van der Waals surface area contributed by atoms with Gasteiger partial charge in [-0.2, -0.15) is 0 Å². The molecule has 2 rings (SSSR count). The van der Waals surface area contributed by atoms with Crippen LogP contribution in [0.4, 0.5) is 0 Å². The minimum absolute atomic E-state index is 0.00579. The number of amides is 1. The van der Waals surface area contributed by atoms with Crippen molar-refractivity contribution < 1.29 is 19.0 Å². The van der Waals surface area contributed by atoms with Crippen LogP contribution < -0.4 is 19.5 Å². The molecule has 0 spiro atoms. The number of thioether (sulfide) groups is 1. The molecule has 6 heteroatoms. The van der Waals surface area contributed by atoms with Crippen molar-refractivity contribution >= 4 is 17.7 Å². The Morgan fingerprint density at radius 2 is 1.59 bits per heavy atom. The highest BCUT2D eigenvalue weighted by Gasteiger charge is 2.21. The van der Waals surface area contributed by atoms with Gasteiger partial charge in [0.1, 0.15) is 5.75 Å². The molecule has 29 heavy (non-hydrogen) atoms. The van der Waals surface area contributed by atoms with Gasteiger partial charge in [0.2, 0.25) is 5.91 Å². The highest BCUT2D eigenvalue weighted by molar-refractivity contribution is 8.00. The first-order valence-electron chi connectivity index (χ1n) is 9.71. The zero-order valence-corrected chi connectivity index (χ0v) is 18.8. The van der Waals surface area contributed by atoms with Crippen LogP contribution in [0.3, 0.4) is 0 Å². The third kappa shape index (κ3) is 6.60. The molecular formula is C23H31NO4S. The lowest BCUT2D eigenvalue weighted by Crippen LogP contribution is -2.35. The molecule has 0 heterocycles. The first-order valence-corrected chi connectivity index (χ1v) is 10.6. The van der Waals surface area contributed by atoms with E-state index in [-0.39, 0.29) is 17.2 Å². The van der Waals surface area contributed by atoms with Crippen LogP contribution in [-0.4, -0.2) is 32.5 Å². The largest absolute Gasteiger partial charge is 0.497 e. The van der Waals surface area contributed by atoms with Gasteiger partial charge in [0, 0.05) is 4.90 Å². The van der Waals surface area contributed by atoms with Gasteiger partial charge >= 0.3 is 0 Å². The monoisotopic (exact) mass is 417 g/mol. The highest BCUT2D eigenvalue weighted by atomic mass is 32.2. The maximum atomic E-state index is 12.9. The minimum Gasteiger partial charge on any atom is -0.497 e. The van der Waals surface area contributed by atoms with E-state index in [0.717, 1.165) is 22.6 Å². The van der Waals surface area contributed by atoms with Crippen molar-refractivity contribution in [3.8, 4) is 17.2 Å². The van der Waals surface area contributed by atoms with Crippen molar-refractivity contribution in [3.05, 3.63) is 48.0 Å². The first-order chi connectivity index (χ1) is 13.9. The summed E-state index contributed by atoms with van der Waals surface area (Å²) in [6, 6.07) is 13.5. The minimum atomic E-state index is -0.249. The van der Waals surface area contributed by atoms with E-state index in [0.29, 0.717) is 17.4 Å². The molecule has 0 radical (unpaired) electrons. The van der Waals surface area contributed by atoms with Crippen LogP contribution in [0.15, 0.2) is 47.4 Å². The molecule has 0 aliphatic carbocycles. The topological polar surface area (TPSA) is 56.8 Å². The van der Waals surface area contributed by atoms with Crippen molar-refractivity contribution in [2.75, 3.05) is 21.3 Å². The summed E-state index contributed by atoms with van der Waals surface area (Å²) in [4.78, 5) is 13.9. The second-order valence-electron chi connectivity index (χ2n) is 7.24. The number of hydrogen-bond acceptors (Lipinski definition) is 5. The number of ether oxygens (including phenoxy) is 3. The van der Waals surface area contributed by atoms with E-state index >= 15 is 0 Å². The lowest BCUT2D eigenvalue weighted by molar-refractivity contribution is -0.121. The van der Waals surface area contributed by atoms with E-state index in [1.54, 1.807) is 21.3 Å². The molecule has 0 unspecified atom stereocenters. The van der Waals surface area contributed by atoms with Crippen LogP contribution in [0, 0.1) is 5.92 Å². The fraction of sp³-hybridized carbons (Fsp3) is 0.435. The lowest BCUT2D eigenvalue weighted by atomic mass is 9.96. The number of carbonyl (C=O) groups excluding carboxylic acids is 1. The quantitative estimate of drug-likeness (QED) is 0.545. The van der Waals surface area contributed by atoms with Gasteiger partial charge < -0.3 is 19.5 Å². The Balaban J connectivity index is 2.09. The lowest BCUT2D eigenvalue weighted by Gasteiger charge is -2.23. The number of hydrogen-bond donors (Lipinski definition) is 1. The molecule has 2 atom stereocenters. The van der Waals surface area contributed by atoms with Crippen LogP contribution in [0.5, 0.6) is 17.2 Å². The van der Waals surface area contributed by atoms with E-state index in [1.807, 2.05) is 49.4 Å². The molecule has 0 aromatic heterocycles. The molecule has 5 nitrogen and oxygen atoms in total. The normalized spacial score (nSPS) is 12.9. The molecule has 0 aliphatic heterocycles. The van der Waals surface area contributed by atoms with Crippen molar-refractivity contribution in [1.29, 1.82) is 0 Å². The summed E-state index contributed by atoms with van der Waals surface area (Å²) in [6.45, 7) is 6.23. The standard InChI is InChI=1S/C23H31NO4S/c1-15(2)13-20(17-7-9-18(26-4)10-8-17)24-23(25)16(3)29-19-11-12-21(27-5)22(14-19)28-6/h7-12,14-16,20H,13H2,1-6H3,(H,24,25)/t16-,20+/m1/s1. The van der Waals surface area contributed by atoms with Gasteiger partial charge in [0.25, 0.3) is 0 Å². The number of carbonyl (C=O) groups is 1. The highest BCUT2D eigenvalue weighted by Crippen LogP contribution is 2.34. The summed E-state index contributed by atoms with van der Waals surface area (Å²) in [5, 5.41) is 2.97. The van der Waals surface area contributed by atoms with E-state index < -0.39 is 0 Å². The average molecular weight is 418 g/mol. The average Bonchev–Trinajstić information content (AvgIpc) is 2.72. The Labute approximate surface area is 178 Å². The van der Waals surface area contributed by atoms with Gasteiger partial charge in [-0.05, 0) is 55.2 Å². The summed E-state index contributed by atoms with van der Waals surface area (Å²) in [6.07, 6.45) is 0.867. The third-order valence-corrected chi connectivity index (χ3v) is 5.67. The van der Waals surface area contributed by atoms with Crippen molar-refractivity contribution in [1.82, 2.24) is 5.32 Å². The summed E-state index contributed by atoms with van der Waals surface area (Å²) < 4.78 is 15.9. The van der Waals surface area contributed by atoms with Gasteiger partial charge in [-0.3, -0.25) is 4.79 Å². The number of nitrogens with one attached hydrogen (secondary N) is 1. The second-order valence-corrected chi connectivity index (χ2v) is 8.65. The number of rotatable bonds is 10. The Bertz CT molecular complexity index is 792. The summed E-state index contributed by atoms with van der Waals surface area (Å²) in [7, 11) is 4.86. The van der Waals surface area contributed by atoms with E-state index in [1.165, 1.54) is 11.8 Å². The molecule has 2 aromatic carbocycles. The van der Waals surface area contributed by atoms with E-state index in [2.05, 4.69) is 19.2 Å². The maximum absolute atomic E-state index is 12.9. The Morgan fingerprint density at radius 3 is 2.14 bits per heavy atom. The van der Waals surface area contributed by atoms with Crippen molar-refractivity contribution in [2.45, 2.75) is 43.4 Å². The fourth-order valence-corrected chi connectivity index (χ4v) is 3.93. The van der Waals surface area contributed by atoms with Crippen molar-refractivity contribution in [2.24, 2.45) is 5.92 Å². The van der Waals surface area contributed by atoms with Crippen LogP contribution in [0.1, 0.15) is 38.8 Å². The fourth-order valence-electron chi connectivity index (χ4n) is 3.02. The van der Waals surface area contributed by atoms with Gasteiger partial charge in [0.15, 0.2) is 11.5 Å². The van der Waals surface area contributed by atoms with Gasteiger partial charge in [-0.1, -0.05) is 26.0 Å². The van der Waals surface area contributed by atoms with Crippen LogP contribution in [0.25, 0.3) is 0 Å². The first kappa shape index (κ1) is 22.9. The SMILES string of the molecule is COc1ccc([C@H](CC(C)C)NC(=O)[C@@H](C)Sc2ccc(OC)c(OC)c2)cc1. The predicted octanol–water partition coefficient (Wildman–Crippen LogP) is 5.10. The molecule has 0 saturated heterocycles. The molecule has 158 valence electrons. The van der Waals surface area contributed by atoms with Gasteiger partial charge in [0.05, 0.1) is 32.6 Å². The molecule has 0 saturated carbocycles. The van der Waals surface area contributed by atoms with Crippen LogP contribution in [0.2, 0.25) is 0 Å². The van der Waals surface area contributed by atoms with E-state index in [9.17, 15) is 4.79 Å². The Hall–Kier alpha value is -2.34. The zero-order valence-electron chi connectivity index (χ0n) is 18.0. The number of benzene rings is 2. The molecule has 2 aromatic rings. The predicted molar refractivity (Wildman–Crippen MR) is 118 cm³/mol. The molecular weight excluding hydrogens is 386 g/mol. The molecule has 0 fully saturated rings.